The van der Waals surface area contributed by atoms with E-state index in [1.165, 1.54) is 0 Å². The number of carbonyl (C=O) groups is 1. The van der Waals surface area contributed by atoms with Gasteiger partial charge in [-0.2, -0.15) is 5.10 Å². The highest BCUT2D eigenvalue weighted by Gasteiger charge is 2.12. The lowest BCUT2D eigenvalue weighted by Gasteiger charge is -2.15. The number of hydrogen-bond donors (Lipinski definition) is 2. The van der Waals surface area contributed by atoms with Gasteiger partial charge in [-0.1, -0.05) is 11.8 Å². The minimum atomic E-state index is -0.297. The Morgan fingerprint density at radius 2 is 1.90 bits per heavy atom. The highest BCUT2D eigenvalue weighted by molar-refractivity contribution is 6.04. The summed E-state index contributed by atoms with van der Waals surface area (Å²) in [6, 6.07) is 14.2. The average molecular weight is 404 g/mol. The summed E-state index contributed by atoms with van der Waals surface area (Å²) >= 11 is 0. The second kappa shape index (κ2) is 9.63. The van der Waals surface area contributed by atoms with Crippen LogP contribution in [0.4, 0.5) is 11.5 Å². The van der Waals surface area contributed by atoms with Crippen LogP contribution in [0.15, 0.2) is 54.7 Å². The Balaban J connectivity index is 1.89. The second-order valence-corrected chi connectivity index (χ2v) is 6.83. The highest BCUT2D eigenvalue weighted by atomic mass is 16.5. The van der Waals surface area contributed by atoms with Gasteiger partial charge in [0.15, 0.2) is 5.82 Å². The molecule has 0 aliphatic heterocycles. The zero-order valence-corrected chi connectivity index (χ0v) is 17.2. The van der Waals surface area contributed by atoms with Crippen molar-refractivity contribution in [3.8, 4) is 17.6 Å². The van der Waals surface area contributed by atoms with Crippen LogP contribution in [-0.2, 0) is 11.8 Å². The van der Waals surface area contributed by atoms with Gasteiger partial charge in [-0.3, -0.25) is 9.48 Å². The van der Waals surface area contributed by atoms with E-state index < -0.39 is 0 Å². The number of nitrogens with two attached hydrogens (primary N) is 1. The minimum Gasteiger partial charge on any atom is -0.488 e. The molecule has 0 spiro atoms. The summed E-state index contributed by atoms with van der Waals surface area (Å²) in [7, 11) is 3.40. The third-order valence-corrected chi connectivity index (χ3v) is 4.12. The molecule has 3 rings (SSSR count). The summed E-state index contributed by atoms with van der Waals surface area (Å²) in [5, 5.41) is 6.95. The third-order valence-electron chi connectivity index (χ3n) is 4.12. The number of ether oxygens (including phenoxy) is 2. The monoisotopic (exact) mass is 404 g/mol. The molecule has 3 aromatic rings. The van der Waals surface area contributed by atoms with Crippen LogP contribution in [0.25, 0.3) is 0 Å². The van der Waals surface area contributed by atoms with Crippen LogP contribution in [0.3, 0.4) is 0 Å². The van der Waals surface area contributed by atoms with E-state index in [1.54, 1.807) is 61.4 Å². The SMILES string of the molecule is COC[C@H](C)Oc1cc(C#Cc2ccc(N)cc2)cc(C(=O)Nc2ccn(C)n2)c1. The van der Waals surface area contributed by atoms with Gasteiger partial charge in [-0.15, -0.1) is 0 Å². The zero-order valence-electron chi connectivity index (χ0n) is 17.2. The molecule has 1 aromatic heterocycles. The van der Waals surface area contributed by atoms with E-state index in [-0.39, 0.29) is 12.0 Å². The van der Waals surface area contributed by atoms with E-state index in [1.807, 2.05) is 19.1 Å². The van der Waals surface area contributed by atoms with E-state index in [2.05, 4.69) is 22.3 Å². The number of methoxy groups -OCH3 is 1. The lowest BCUT2D eigenvalue weighted by atomic mass is 10.1. The molecular formula is C23H24N4O3. The third kappa shape index (κ3) is 5.87. The first-order chi connectivity index (χ1) is 14.4. The number of amides is 1. The van der Waals surface area contributed by atoms with E-state index >= 15 is 0 Å². The van der Waals surface area contributed by atoms with Crippen LogP contribution in [0.1, 0.15) is 28.4 Å². The first kappa shape index (κ1) is 21.0. The minimum absolute atomic E-state index is 0.179. The summed E-state index contributed by atoms with van der Waals surface area (Å²) in [5.41, 5.74) is 8.29. The maximum atomic E-state index is 12.7. The topological polar surface area (TPSA) is 91.4 Å². The Kier molecular flexibility index (Phi) is 6.73. The molecular weight excluding hydrogens is 380 g/mol. The lowest BCUT2D eigenvalue weighted by molar-refractivity contribution is 0.0917. The molecule has 1 amide bonds. The molecule has 1 atom stereocenters. The summed E-state index contributed by atoms with van der Waals surface area (Å²) in [5.74, 6) is 6.88. The van der Waals surface area contributed by atoms with E-state index in [4.69, 9.17) is 15.2 Å². The molecule has 0 radical (unpaired) electrons. The molecule has 0 aliphatic rings. The van der Waals surface area contributed by atoms with Crippen LogP contribution >= 0.6 is 0 Å². The Hall–Kier alpha value is -3.76. The molecule has 30 heavy (non-hydrogen) atoms. The Morgan fingerprint density at radius 3 is 2.57 bits per heavy atom. The molecule has 3 N–H and O–H groups in total. The number of anilines is 2. The largest absolute Gasteiger partial charge is 0.488 e. The fourth-order valence-electron chi connectivity index (χ4n) is 2.75. The molecule has 0 aliphatic carbocycles. The fraction of sp³-hybridized carbons (Fsp3) is 0.217. The molecule has 0 unspecified atom stereocenters. The fourth-order valence-corrected chi connectivity index (χ4v) is 2.75. The molecule has 0 saturated carbocycles. The first-order valence-electron chi connectivity index (χ1n) is 9.42. The molecule has 0 fully saturated rings. The van der Waals surface area contributed by atoms with E-state index in [0.717, 1.165) is 5.56 Å². The molecule has 7 heteroatoms. The summed E-state index contributed by atoms with van der Waals surface area (Å²) in [4.78, 5) is 12.7. The van der Waals surface area contributed by atoms with Gasteiger partial charge < -0.3 is 20.5 Å². The summed E-state index contributed by atoms with van der Waals surface area (Å²) in [6.07, 6.45) is 1.58. The number of aryl methyl sites for hydroxylation is 1. The molecule has 154 valence electrons. The predicted octanol–water partition coefficient (Wildman–Crippen LogP) is 3.07. The molecule has 0 saturated heterocycles. The van der Waals surface area contributed by atoms with Gasteiger partial charge in [0.1, 0.15) is 11.9 Å². The predicted molar refractivity (Wildman–Crippen MR) is 116 cm³/mol. The number of nitrogens with zero attached hydrogens (tertiary/aromatic N) is 2. The van der Waals surface area contributed by atoms with Gasteiger partial charge in [0.05, 0.1) is 6.61 Å². The second-order valence-electron chi connectivity index (χ2n) is 6.83. The number of aromatic nitrogens is 2. The van der Waals surface area contributed by atoms with Crippen LogP contribution in [0, 0.1) is 11.8 Å². The van der Waals surface area contributed by atoms with Crippen molar-refractivity contribution in [2.75, 3.05) is 24.8 Å². The van der Waals surface area contributed by atoms with Crippen molar-refractivity contribution in [1.29, 1.82) is 0 Å². The van der Waals surface area contributed by atoms with Gasteiger partial charge in [0.2, 0.25) is 0 Å². The Labute approximate surface area is 175 Å². The molecule has 2 aromatic carbocycles. The maximum absolute atomic E-state index is 12.7. The Morgan fingerprint density at radius 1 is 1.17 bits per heavy atom. The van der Waals surface area contributed by atoms with Crippen molar-refractivity contribution >= 4 is 17.4 Å². The molecule has 7 nitrogen and oxygen atoms in total. The zero-order chi connectivity index (χ0) is 21.5. The van der Waals surface area contributed by atoms with Crippen molar-refractivity contribution < 1.29 is 14.3 Å². The number of benzene rings is 2. The van der Waals surface area contributed by atoms with Gasteiger partial charge >= 0.3 is 0 Å². The van der Waals surface area contributed by atoms with Crippen molar-refractivity contribution in [1.82, 2.24) is 9.78 Å². The smallest absolute Gasteiger partial charge is 0.257 e. The van der Waals surface area contributed by atoms with Crippen LogP contribution in [0.2, 0.25) is 0 Å². The van der Waals surface area contributed by atoms with Crippen molar-refractivity contribution in [2.24, 2.45) is 7.05 Å². The maximum Gasteiger partial charge on any atom is 0.257 e. The highest BCUT2D eigenvalue weighted by Crippen LogP contribution is 2.20. The summed E-state index contributed by atoms with van der Waals surface area (Å²) < 4.78 is 12.6. The number of carbonyl (C=O) groups excluding carboxylic acids is 1. The van der Waals surface area contributed by atoms with Crippen LogP contribution < -0.4 is 15.8 Å². The Bertz CT molecular complexity index is 1080. The van der Waals surface area contributed by atoms with Crippen LogP contribution in [-0.4, -0.2) is 35.5 Å². The van der Waals surface area contributed by atoms with E-state index in [0.29, 0.717) is 35.0 Å². The molecule has 0 bridgehead atoms. The van der Waals surface area contributed by atoms with Crippen molar-refractivity contribution in [3.63, 3.8) is 0 Å². The number of nitrogens with one attached hydrogen (secondary N) is 1. The van der Waals surface area contributed by atoms with Gasteiger partial charge in [0.25, 0.3) is 5.91 Å². The number of rotatable bonds is 6. The van der Waals surface area contributed by atoms with E-state index in [9.17, 15) is 4.79 Å². The summed E-state index contributed by atoms with van der Waals surface area (Å²) in [6.45, 7) is 2.32. The van der Waals surface area contributed by atoms with Crippen molar-refractivity contribution in [3.05, 3.63) is 71.4 Å². The lowest BCUT2D eigenvalue weighted by Crippen LogP contribution is -2.19. The van der Waals surface area contributed by atoms with Gasteiger partial charge in [-0.05, 0) is 49.4 Å². The first-order valence-corrected chi connectivity index (χ1v) is 9.42. The van der Waals surface area contributed by atoms with Crippen molar-refractivity contribution in [2.45, 2.75) is 13.0 Å². The molecule has 1 heterocycles. The average Bonchev–Trinajstić information content (AvgIpc) is 3.12. The van der Waals surface area contributed by atoms with Gasteiger partial charge in [-0.25, -0.2) is 0 Å². The van der Waals surface area contributed by atoms with Crippen LogP contribution in [0.5, 0.6) is 5.75 Å². The quantitative estimate of drug-likeness (QED) is 0.487. The normalized spacial score (nSPS) is 11.3. The number of nitrogen functional groups attached to an aromatic ring is 1. The van der Waals surface area contributed by atoms with Gasteiger partial charge in [0, 0.05) is 48.8 Å². The standard InChI is InChI=1S/C23H24N4O3/c1-16(15-29-3)30-21-13-18(5-4-17-6-8-20(24)9-7-17)12-19(14-21)23(28)25-22-10-11-27(2)26-22/h6-14,16H,15,24H2,1-3H3,(H,25,26,28)/t16-/m0/s1. The number of hydrogen-bond acceptors (Lipinski definition) is 5.